The number of likely N-dealkylation sites (N-methyl/N-ethyl adjacent to an activating group) is 1. The van der Waals surface area contributed by atoms with E-state index in [-0.39, 0.29) is 28.9 Å². The van der Waals surface area contributed by atoms with Gasteiger partial charge in [0.2, 0.25) is 5.91 Å². The molecule has 4 heterocycles. The zero-order valence-electron chi connectivity index (χ0n) is 26.4. The fraction of sp³-hybridized carbons (Fsp3) is 0.333. The predicted molar refractivity (Wildman–Crippen MR) is 185 cm³/mol. The van der Waals surface area contributed by atoms with Crippen LogP contribution in [0.4, 0.5) is 5.69 Å². The summed E-state index contributed by atoms with van der Waals surface area (Å²) in [6, 6.07) is 23.2. The average molecular weight is 706 g/mol. The van der Waals surface area contributed by atoms with E-state index in [9.17, 15) is 18.0 Å². The molecule has 2 fully saturated rings. The molecule has 2 saturated heterocycles. The first-order valence-corrected chi connectivity index (χ1v) is 19.3. The van der Waals surface area contributed by atoms with E-state index < -0.39 is 26.5 Å². The van der Waals surface area contributed by atoms with Crippen molar-refractivity contribution in [2.45, 2.75) is 47.3 Å². The van der Waals surface area contributed by atoms with Gasteiger partial charge in [0, 0.05) is 46.2 Å². The minimum Gasteiger partial charge on any atom is -0.494 e. The van der Waals surface area contributed by atoms with E-state index in [2.05, 4.69) is 10.3 Å². The second-order valence-electron chi connectivity index (χ2n) is 12.1. The standard InChI is InChI=1S/C33H35N7O5S3/c1-37(2)31(42)33-22-32(23-13-15-25(16-14-23)45-18-8-17-38-20-24(19-34)35-36-38)27-11-6-7-12-28(27)40(30(32)39(33)29(41)21-46-47-33)48(43,44)26-9-4-3-5-10-26/h3-7,9-16,20,30H,8,17-19,21-22,34H2,1-2H3/t30-,32-,33-/m0/s1. The van der Waals surface area contributed by atoms with Crippen molar-refractivity contribution in [3.63, 3.8) is 0 Å². The molecule has 4 aromatic rings. The highest BCUT2D eigenvalue weighted by molar-refractivity contribution is 8.77. The predicted octanol–water partition coefficient (Wildman–Crippen LogP) is 3.44. The summed E-state index contributed by atoms with van der Waals surface area (Å²) in [6.07, 6.45) is 1.67. The highest BCUT2D eigenvalue weighted by Gasteiger charge is 2.73. The molecule has 2 amide bonds. The lowest BCUT2D eigenvalue weighted by atomic mass is 9.72. The molecule has 2 N–H and O–H groups in total. The molecule has 0 radical (unpaired) electrons. The number of benzene rings is 3. The van der Waals surface area contributed by atoms with Crippen LogP contribution >= 0.6 is 21.6 Å². The minimum absolute atomic E-state index is 0.104. The molecule has 3 aliphatic heterocycles. The number of sulfonamides is 1. The van der Waals surface area contributed by atoms with Gasteiger partial charge in [-0.15, -0.1) is 5.10 Å². The summed E-state index contributed by atoms with van der Waals surface area (Å²) < 4.78 is 38.5. The number of aryl methyl sites for hydroxylation is 1. The molecule has 0 aliphatic carbocycles. The van der Waals surface area contributed by atoms with Crippen molar-refractivity contribution in [2.24, 2.45) is 5.73 Å². The molecule has 0 saturated carbocycles. The van der Waals surface area contributed by atoms with Crippen LogP contribution in [-0.2, 0) is 38.1 Å². The summed E-state index contributed by atoms with van der Waals surface area (Å²) in [4.78, 5) is 30.1. The van der Waals surface area contributed by atoms with Crippen LogP contribution in [0.1, 0.15) is 29.7 Å². The van der Waals surface area contributed by atoms with Gasteiger partial charge >= 0.3 is 0 Å². The van der Waals surface area contributed by atoms with Crippen LogP contribution < -0.4 is 14.8 Å². The van der Waals surface area contributed by atoms with Gasteiger partial charge in [-0.2, -0.15) is 0 Å². The maximum atomic E-state index is 14.7. The SMILES string of the molecule is CN(C)C(=O)[C@@]12C[C@]3(c4ccc(OCCCn5cc(CN)nn5)cc4)c4ccccc4N(S(=O)(=O)c4ccccc4)[C@@H]3N1C(=O)CSS2. The van der Waals surface area contributed by atoms with Crippen LogP contribution in [-0.4, -0.2) is 82.5 Å². The Balaban J connectivity index is 1.31. The molecule has 1 aromatic heterocycles. The third kappa shape index (κ3) is 5.06. The number of para-hydroxylation sites is 1. The minimum atomic E-state index is -4.19. The molecular weight excluding hydrogens is 671 g/mol. The van der Waals surface area contributed by atoms with Gasteiger partial charge in [-0.3, -0.25) is 19.2 Å². The Hall–Kier alpha value is -4.05. The van der Waals surface area contributed by atoms with Crippen molar-refractivity contribution < 1.29 is 22.7 Å². The summed E-state index contributed by atoms with van der Waals surface area (Å²) in [7, 11) is 1.81. The van der Waals surface area contributed by atoms with Gasteiger partial charge in [0.1, 0.15) is 11.9 Å². The van der Waals surface area contributed by atoms with Crippen molar-refractivity contribution in [1.82, 2.24) is 24.8 Å². The van der Waals surface area contributed by atoms with E-state index >= 15 is 0 Å². The van der Waals surface area contributed by atoms with Gasteiger partial charge in [-0.05, 0) is 41.5 Å². The highest BCUT2D eigenvalue weighted by Crippen LogP contribution is 2.66. The molecule has 48 heavy (non-hydrogen) atoms. The van der Waals surface area contributed by atoms with Crippen LogP contribution in [0.3, 0.4) is 0 Å². The van der Waals surface area contributed by atoms with E-state index in [0.29, 0.717) is 37.6 Å². The number of amides is 2. The number of nitrogens with zero attached hydrogens (tertiary/aromatic N) is 6. The highest BCUT2D eigenvalue weighted by atomic mass is 33.1. The van der Waals surface area contributed by atoms with E-state index in [1.165, 1.54) is 30.8 Å². The number of rotatable bonds is 10. The number of ether oxygens (including phenoxy) is 1. The van der Waals surface area contributed by atoms with Crippen molar-refractivity contribution in [3.05, 3.63) is 102 Å². The van der Waals surface area contributed by atoms with Gasteiger partial charge in [-0.25, -0.2) is 12.7 Å². The average Bonchev–Trinajstić information content (AvgIpc) is 3.77. The topological polar surface area (TPSA) is 144 Å². The second-order valence-corrected chi connectivity index (χ2v) is 16.5. The third-order valence-electron chi connectivity index (χ3n) is 9.09. The molecule has 7 rings (SSSR count). The number of carbonyl (C=O) groups excluding carboxylic acids is 2. The van der Waals surface area contributed by atoms with Crippen LogP contribution in [0.15, 0.2) is 90.0 Å². The van der Waals surface area contributed by atoms with Gasteiger partial charge in [0.25, 0.3) is 15.9 Å². The summed E-state index contributed by atoms with van der Waals surface area (Å²) in [5.41, 5.74) is 7.30. The second kappa shape index (κ2) is 12.4. The molecule has 250 valence electrons. The summed E-state index contributed by atoms with van der Waals surface area (Å²) in [6.45, 7) is 1.40. The quantitative estimate of drug-likeness (QED) is 0.193. The fourth-order valence-electron chi connectivity index (χ4n) is 7.08. The Morgan fingerprint density at radius 3 is 2.50 bits per heavy atom. The molecule has 0 spiro atoms. The zero-order valence-corrected chi connectivity index (χ0v) is 28.9. The number of anilines is 1. The van der Waals surface area contributed by atoms with E-state index in [4.69, 9.17) is 10.5 Å². The molecule has 0 bridgehead atoms. The summed E-state index contributed by atoms with van der Waals surface area (Å²) in [5.74, 6) is 0.211. The van der Waals surface area contributed by atoms with Gasteiger partial charge < -0.3 is 15.4 Å². The first kappa shape index (κ1) is 32.5. The summed E-state index contributed by atoms with van der Waals surface area (Å²) in [5, 5.41) is 8.08. The number of aromatic nitrogens is 3. The summed E-state index contributed by atoms with van der Waals surface area (Å²) >= 11 is 0. The Morgan fingerprint density at radius 1 is 1.06 bits per heavy atom. The molecule has 3 aromatic carbocycles. The van der Waals surface area contributed by atoms with Gasteiger partial charge in [0.15, 0.2) is 4.87 Å². The molecule has 12 nitrogen and oxygen atoms in total. The molecule has 3 atom stereocenters. The van der Waals surface area contributed by atoms with Crippen molar-refractivity contribution in [2.75, 3.05) is 30.8 Å². The Labute approximate surface area is 287 Å². The van der Waals surface area contributed by atoms with Crippen LogP contribution in [0, 0.1) is 0 Å². The maximum Gasteiger partial charge on any atom is 0.266 e. The van der Waals surface area contributed by atoms with Gasteiger partial charge in [-0.1, -0.05) is 75.3 Å². The van der Waals surface area contributed by atoms with E-state index in [1.807, 2.05) is 42.6 Å². The lowest BCUT2D eigenvalue weighted by Gasteiger charge is -2.44. The molecular formula is C33H35N7O5S3. The van der Waals surface area contributed by atoms with Gasteiger partial charge in [0.05, 0.1) is 34.1 Å². The Bertz CT molecular complexity index is 1960. The Morgan fingerprint density at radius 2 is 1.79 bits per heavy atom. The number of carbonyl (C=O) groups is 2. The largest absolute Gasteiger partial charge is 0.494 e. The number of hydrogen-bond acceptors (Lipinski definition) is 10. The normalized spacial score (nSPS) is 23.1. The van der Waals surface area contributed by atoms with Crippen LogP contribution in [0.25, 0.3) is 0 Å². The lowest BCUT2D eigenvalue weighted by Crippen LogP contribution is -2.63. The van der Waals surface area contributed by atoms with Crippen LogP contribution in [0.5, 0.6) is 5.75 Å². The maximum absolute atomic E-state index is 14.7. The number of nitrogens with two attached hydrogens (primary N) is 1. The first-order chi connectivity index (χ1) is 23.1. The van der Waals surface area contributed by atoms with Crippen molar-refractivity contribution in [3.8, 4) is 5.75 Å². The van der Waals surface area contributed by atoms with Crippen molar-refractivity contribution >= 4 is 49.1 Å². The number of fused-ring (bicyclic) bond motifs is 5. The number of hydrogen-bond donors (Lipinski definition) is 1. The van der Waals surface area contributed by atoms with E-state index in [1.54, 1.807) is 66.1 Å². The molecule has 0 unspecified atom stereocenters. The Kier molecular flexibility index (Phi) is 8.42. The third-order valence-corrected chi connectivity index (χ3v) is 13.7. The molecule has 3 aliphatic rings. The van der Waals surface area contributed by atoms with Crippen molar-refractivity contribution in [1.29, 1.82) is 0 Å². The van der Waals surface area contributed by atoms with Crippen LogP contribution in [0.2, 0.25) is 0 Å². The first-order valence-electron chi connectivity index (χ1n) is 15.5. The smallest absolute Gasteiger partial charge is 0.266 e. The van der Waals surface area contributed by atoms with E-state index in [0.717, 1.165) is 16.8 Å². The zero-order chi connectivity index (χ0) is 33.7. The lowest BCUT2D eigenvalue weighted by molar-refractivity contribution is -0.144. The fourth-order valence-corrected chi connectivity index (χ4v) is 11.8. The monoisotopic (exact) mass is 705 g/mol. The molecule has 15 heteroatoms.